The first-order valence-electron chi connectivity index (χ1n) is 9.54. The van der Waals surface area contributed by atoms with Crippen LogP contribution in [0.5, 0.6) is 5.88 Å². The van der Waals surface area contributed by atoms with Gasteiger partial charge in [-0.3, -0.25) is 9.78 Å². The summed E-state index contributed by atoms with van der Waals surface area (Å²) in [4.78, 5) is 25.8. The molecular weight excluding hydrogens is 368 g/mol. The first kappa shape index (κ1) is 19.1. The van der Waals surface area contributed by atoms with E-state index in [1.54, 1.807) is 36.3 Å². The van der Waals surface area contributed by atoms with E-state index in [4.69, 9.17) is 4.74 Å². The van der Waals surface area contributed by atoms with Crippen LogP contribution in [-0.4, -0.2) is 75.8 Å². The summed E-state index contributed by atoms with van der Waals surface area (Å²) in [7, 11) is 5.66. The van der Waals surface area contributed by atoms with Crippen molar-refractivity contribution in [1.82, 2.24) is 29.5 Å². The predicted octanol–water partition coefficient (Wildman–Crippen LogP) is 2.11. The molecule has 1 amide bonds. The zero-order valence-corrected chi connectivity index (χ0v) is 16.8. The van der Waals surface area contributed by atoms with Gasteiger partial charge >= 0.3 is 0 Å². The van der Waals surface area contributed by atoms with Crippen LogP contribution in [0.15, 0.2) is 48.8 Å². The van der Waals surface area contributed by atoms with Crippen molar-refractivity contribution in [2.75, 3.05) is 34.3 Å². The molecule has 0 bridgehead atoms. The van der Waals surface area contributed by atoms with Crippen molar-refractivity contribution in [1.29, 1.82) is 0 Å². The van der Waals surface area contributed by atoms with Crippen LogP contribution >= 0.6 is 0 Å². The number of aromatic nitrogens is 4. The average Bonchev–Trinajstić information content (AvgIpc) is 3.42. The molecule has 0 N–H and O–H groups in total. The van der Waals surface area contributed by atoms with E-state index in [-0.39, 0.29) is 5.91 Å². The molecule has 1 aliphatic rings. The van der Waals surface area contributed by atoms with Crippen molar-refractivity contribution in [3.8, 4) is 23.0 Å². The van der Waals surface area contributed by atoms with Gasteiger partial charge in [0, 0.05) is 31.4 Å². The fourth-order valence-corrected chi connectivity index (χ4v) is 3.51. The maximum Gasteiger partial charge on any atom is 0.274 e. The lowest BCUT2D eigenvalue weighted by Gasteiger charge is -2.19. The number of carbonyl (C=O) groups is 1. The normalized spacial score (nSPS) is 16.4. The van der Waals surface area contributed by atoms with E-state index in [0.717, 1.165) is 30.0 Å². The van der Waals surface area contributed by atoms with Crippen molar-refractivity contribution in [2.24, 2.45) is 0 Å². The van der Waals surface area contributed by atoms with E-state index >= 15 is 0 Å². The highest BCUT2D eigenvalue weighted by Gasteiger charge is 2.30. The molecular formula is C21H24N6O2. The molecule has 8 nitrogen and oxygen atoms in total. The first-order chi connectivity index (χ1) is 14.1. The lowest BCUT2D eigenvalue weighted by Crippen LogP contribution is -2.34. The van der Waals surface area contributed by atoms with Gasteiger partial charge in [0.2, 0.25) is 5.88 Å². The summed E-state index contributed by atoms with van der Waals surface area (Å²) >= 11 is 0. The molecule has 4 heterocycles. The van der Waals surface area contributed by atoms with Crippen LogP contribution in [-0.2, 0) is 0 Å². The molecule has 0 aliphatic carbocycles. The summed E-state index contributed by atoms with van der Waals surface area (Å²) in [5.74, 6) is 0.454. The van der Waals surface area contributed by atoms with Crippen LogP contribution in [0.3, 0.4) is 0 Å². The van der Waals surface area contributed by atoms with Gasteiger partial charge in [-0.15, -0.1) is 0 Å². The Morgan fingerprint density at radius 3 is 2.69 bits per heavy atom. The van der Waals surface area contributed by atoms with E-state index in [0.29, 0.717) is 24.2 Å². The Hall–Kier alpha value is -3.26. The number of nitrogens with zero attached hydrogens (tertiary/aromatic N) is 6. The molecule has 1 atom stereocenters. The molecule has 150 valence electrons. The summed E-state index contributed by atoms with van der Waals surface area (Å²) < 4.78 is 6.85. The number of likely N-dealkylation sites (tertiary alicyclic amines) is 1. The summed E-state index contributed by atoms with van der Waals surface area (Å²) in [6, 6.07) is 11.5. The SMILES string of the molecule is COc1ccc(-n2nc(C(=O)N3CCC(N(C)C)C3)cc2-c2ccccn2)cn1. The van der Waals surface area contributed by atoms with Crippen molar-refractivity contribution < 1.29 is 9.53 Å². The second-order valence-electron chi connectivity index (χ2n) is 7.26. The summed E-state index contributed by atoms with van der Waals surface area (Å²) in [5.41, 5.74) is 2.62. The lowest BCUT2D eigenvalue weighted by molar-refractivity contribution is 0.0777. The number of carbonyl (C=O) groups excluding carboxylic acids is 1. The quantitative estimate of drug-likeness (QED) is 0.662. The highest BCUT2D eigenvalue weighted by Crippen LogP contribution is 2.24. The summed E-state index contributed by atoms with van der Waals surface area (Å²) in [5, 5.41) is 4.62. The molecule has 1 unspecified atom stereocenters. The molecule has 29 heavy (non-hydrogen) atoms. The first-order valence-corrected chi connectivity index (χ1v) is 9.54. The Morgan fingerprint density at radius 1 is 1.21 bits per heavy atom. The molecule has 0 radical (unpaired) electrons. The number of hydrogen-bond donors (Lipinski definition) is 0. The topological polar surface area (TPSA) is 76.4 Å². The largest absolute Gasteiger partial charge is 0.481 e. The lowest BCUT2D eigenvalue weighted by atomic mass is 10.2. The Bertz CT molecular complexity index is 984. The van der Waals surface area contributed by atoms with E-state index < -0.39 is 0 Å². The van der Waals surface area contributed by atoms with E-state index in [1.807, 2.05) is 43.3 Å². The Kier molecular flexibility index (Phi) is 5.26. The van der Waals surface area contributed by atoms with Gasteiger partial charge in [0.15, 0.2) is 5.69 Å². The smallest absolute Gasteiger partial charge is 0.274 e. The molecule has 3 aromatic heterocycles. The van der Waals surface area contributed by atoms with Gasteiger partial charge in [0.05, 0.1) is 30.4 Å². The molecule has 0 saturated carbocycles. The molecule has 1 aliphatic heterocycles. The Labute approximate surface area is 169 Å². The van der Waals surface area contributed by atoms with Gasteiger partial charge < -0.3 is 14.5 Å². The van der Waals surface area contributed by atoms with Crippen LogP contribution in [0.2, 0.25) is 0 Å². The third kappa shape index (κ3) is 3.84. The Morgan fingerprint density at radius 2 is 2.07 bits per heavy atom. The van der Waals surface area contributed by atoms with E-state index in [2.05, 4.69) is 20.0 Å². The molecule has 0 aromatic carbocycles. The third-order valence-electron chi connectivity index (χ3n) is 5.21. The zero-order valence-electron chi connectivity index (χ0n) is 16.8. The molecule has 0 spiro atoms. The second-order valence-corrected chi connectivity index (χ2v) is 7.26. The third-order valence-corrected chi connectivity index (χ3v) is 5.21. The fraction of sp³-hybridized carbons (Fsp3) is 0.333. The average molecular weight is 392 g/mol. The molecule has 8 heteroatoms. The summed E-state index contributed by atoms with van der Waals surface area (Å²) in [6.45, 7) is 1.44. The number of methoxy groups -OCH3 is 1. The van der Waals surface area contributed by atoms with Crippen molar-refractivity contribution in [3.63, 3.8) is 0 Å². The van der Waals surface area contributed by atoms with Gasteiger partial charge in [-0.2, -0.15) is 5.10 Å². The maximum atomic E-state index is 13.1. The van der Waals surface area contributed by atoms with Crippen molar-refractivity contribution >= 4 is 5.91 Å². The number of hydrogen-bond acceptors (Lipinski definition) is 6. The highest BCUT2D eigenvalue weighted by molar-refractivity contribution is 5.93. The minimum absolute atomic E-state index is 0.0632. The minimum atomic E-state index is -0.0632. The molecule has 4 rings (SSSR count). The maximum absolute atomic E-state index is 13.1. The van der Waals surface area contributed by atoms with Crippen LogP contribution in [0.25, 0.3) is 17.1 Å². The van der Waals surface area contributed by atoms with Gasteiger partial charge in [-0.05, 0) is 44.8 Å². The molecule has 1 saturated heterocycles. The second kappa shape index (κ2) is 8.00. The van der Waals surface area contributed by atoms with E-state index in [9.17, 15) is 4.79 Å². The van der Waals surface area contributed by atoms with Crippen LogP contribution in [0.4, 0.5) is 0 Å². The molecule has 3 aromatic rings. The monoisotopic (exact) mass is 392 g/mol. The number of rotatable bonds is 5. The van der Waals surface area contributed by atoms with Gasteiger partial charge in [-0.25, -0.2) is 9.67 Å². The number of pyridine rings is 2. The van der Waals surface area contributed by atoms with Crippen LogP contribution in [0, 0.1) is 0 Å². The fourth-order valence-electron chi connectivity index (χ4n) is 3.51. The number of amides is 1. The van der Waals surface area contributed by atoms with Gasteiger partial charge in [0.1, 0.15) is 0 Å². The van der Waals surface area contributed by atoms with Crippen LogP contribution < -0.4 is 4.74 Å². The van der Waals surface area contributed by atoms with E-state index in [1.165, 1.54) is 0 Å². The van der Waals surface area contributed by atoms with Gasteiger partial charge in [-0.1, -0.05) is 6.07 Å². The Balaban J connectivity index is 1.71. The summed E-state index contributed by atoms with van der Waals surface area (Å²) in [6.07, 6.45) is 4.36. The predicted molar refractivity (Wildman–Crippen MR) is 109 cm³/mol. The minimum Gasteiger partial charge on any atom is -0.481 e. The zero-order chi connectivity index (χ0) is 20.4. The van der Waals surface area contributed by atoms with Crippen molar-refractivity contribution in [3.05, 3.63) is 54.5 Å². The highest BCUT2D eigenvalue weighted by atomic mass is 16.5. The standard InChI is InChI=1S/C21H24N6O2/c1-25(2)16-9-11-26(14-16)21(28)18-12-19(17-6-4-5-10-22-17)27(24-18)15-7-8-20(29-3)23-13-15/h4-8,10,12-13,16H,9,11,14H2,1-3H3. The molecule has 1 fully saturated rings. The number of likely N-dealkylation sites (N-methyl/N-ethyl adjacent to an activating group) is 1. The van der Waals surface area contributed by atoms with Crippen molar-refractivity contribution in [2.45, 2.75) is 12.5 Å². The number of ether oxygens (including phenoxy) is 1. The van der Waals surface area contributed by atoms with Crippen LogP contribution in [0.1, 0.15) is 16.9 Å². The van der Waals surface area contributed by atoms with Gasteiger partial charge in [0.25, 0.3) is 5.91 Å².